The predicted octanol–water partition coefficient (Wildman–Crippen LogP) is 0.414. The summed E-state index contributed by atoms with van der Waals surface area (Å²) in [5, 5.41) is 0. The summed E-state index contributed by atoms with van der Waals surface area (Å²) in [6.45, 7) is 1.97. The van der Waals surface area contributed by atoms with Crippen molar-refractivity contribution in [2.75, 3.05) is 25.7 Å². The van der Waals surface area contributed by atoms with E-state index in [2.05, 4.69) is 15.4 Å². The van der Waals surface area contributed by atoms with Gasteiger partial charge in [0.25, 0.3) is 0 Å². The van der Waals surface area contributed by atoms with Crippen molar-refractivity contribution in [2.45, 2.75) is 25.9 Å². The molecule has 0 saturated carbocycles. The van der Waals surface area contributed by atoms with E-state index in [0.717, 1.165) is 43.0 Å². The highest BCUT2D eigenvalue weighted by Gasteiger charge is 2.17. The van der Waals surface area contributed by atoms with E-state index in [1.807, 2.05) is 0 Å². The number of nitrogens with two attached hydrogens (primary N) is 1. The molecule has 3 N–H and O–H groups in total. The number of anilines is 1. The van der Waals surface area contributed by atoms with Crippen molar-refractivity contribution in [2.24, 2.45) is 5.84 Å². The Morgan fingerprint density at radius 1 is 1.47 bits per heavy atom. The van der Waals surface area contributed by atoms with E-state index < -0.39 is 0 Å². The van der Waals surface area contributed by atoms with E-state index in [-0.39, 0.29) is 0 Å². The molecule has 2 heterocycles. The van der Waals surface area contributed by atoms with Gasteiger partial charge in [-0.2, -0.15) is 0 Å². The molecule has 1 aromatic rings. The summed E-state index contributed by atoms with van der Waals surface area (Å²) in [7, 11) is 1.69. The molecule has 1 aromatic heterocycles. The number of hydrogen-bond donors (Lipinski definition) is 2. The number of nitrogen functional groups attached to an aromatic ring is 1. The van der Waals surface area contributed by atoms with Gasteiger partial charge in [-0.25, -0.2) is 15.8 Å². The van der Waals surface area contributed by atoms with Gasteiger partial charge < -0.3 is 14.9 Å². The second kappa shape index (κ2) is 5.90. The Balaban J connectivity index is 2.17. The van der Waals surface area contributed by atoms with Gasteiger partial charge in [0.2, 0.25) is 0 Å². The van der Waals surface area contributed by atoms with Gasteiger partial charge in [-0.1, -0.05) is 0 Å². The number of fused-ring (bicyclic) bond motifs is 1. The topological polar surface area (TPSA) is 82.3 Å². The van der Waals surface area contributed by atoms with Crippen LogP contribution < -0.4 is 11.3 Å². The van der Waals surface area contributed by atoms with Gasteiger partial charge in [0, 0.05) is 32.1 Å². The monoisotopic (exact) mass is 238 g/mol. The van der Waals surface area contributed by atoms with Crippen molar-refractivity contribution in [3.05, 3.63) is 17.1 Å². The van der Waals surface area contributed by atoms with E-state index >= 15 is 0 Å². The number of aryl methyl sites for hydroxylation is 1. The standard InChI is InChI=1S/C11H18N4O2/c1-16-5-2-3-10-13-9-4-6-17-7-8(9)11(14-10)15-12/h2-7,12H2,1H3,(H,13,14,15). The molecule has 17 heavy (non-hydrogen) atoms. The molecule has 1 aliphatic rings. The van der Waals surface area contributed by atoms with Gasteiger partial charge in [0.15, 0.2) is 0 Å². The Bertz CT molecular complexity index is 367. The van der Waals surface area contributed by atoms with E-state index in [0.29, 0.717) is 19.0 Å². The number of hydrazine groups is 1. The summed E-state index contributed by atoms with van der Waals surface area (Å²) in [6.07, 6.45) is 2.54. The van der Waals surface area contributed by atoms with Crippen molar-refractivity contribution < 1.29 is 9.47 Å². The highest BCUT2D eigenvalue weighted by molar-refractivity contribution is 5.46. The molecular formula is C11H18N4O2. The summed E-state index contributed by atoms with van der Waals surface area (Å²) in [5.41, 5.74) is 4.65. The van der Waals surface area contributed by atoms with Crippen LogP contribution in [0.15, 0.2) is 0 Å². The summed E-state index contributed by atoms with van der Waals surface area (Å²) in [6, 6.07) is 0. The molecule has 6 heteroatoms. The maximum Gasteiger partial charge on any atom is 0.149 e. The summed E-state index contributed by atoms with van der Waals surface area (Å²) >= 11 is 0. The van der Waals surface area contributed by atoms with Crippen molar-refractivity contribution >= 4 is 5.82 Å². The number of nitrogens with one attached hydrogen (secondary N) is 1. The van der Waals surface area contributed by atoms with Gasteiger partial charge in [0.1, 0.15) is 11.6 Å². The second-order valence-electron chi connectivity index (χ2n) is 3.96. The van der Waals surface area contributed by atoms with Crippen LogP contribution in [0.1, 0.15) is 23.5 Å². The van der Waals surface area contributed by atoms with Crippen LogP contribution in [0.5, 0.6) is 0 Å². The fraction of sp³-hybridized carbons (Fsp3) is 0.636. The molecule has 1 aliphatic heterocycles. The minimum absolute atomic E-state index is 0.535. The lowest BCUT2D eigenvalue weighted by Crippen LogP contribution is -2.20. The van der Waals surface area contributed by atoms with Crippen LogP contribution in [0.25, 0.3) is 0 Å². The predicted molar refractivity (Wildman–Crippen MR) is 63.4 cm³/mol. The van der Waals surface area contributed by atoms with Crippen LogP contribution in [0, 0.1) is 0 Å². The van der Waals surface area contributed by atoms with Gasteiger partial charge in [-0.3, -0.25) is 0 Å². The molecule has 0 aromatic carbocycles. The van der Waals surface area contributed by atoms with Crippen LogP contribution in [-0.2, 0) is 28.9 Å². The van der Waals surface area contributed by atoms with E-state index in [9.17, 15) is 0 Å². The molecule has 0 amide bonds. The fourth-order valence-electron chi connectivity index (χ4n) is 1.89. The maximum absolute atomic E-state index is 5.48. The Labute approximate surface area is 101 Å². The molecule has 0 bridgehead atoms. The Kier molecular flexibility index (Phi) is 4.24. The van der Waals surface area contributed by atoms with Crippen molar-refractivity contribution in [1.82, 2.24) is 9.97 Å². The lowest BCUT2D eigenvalue weighted by atomic mass is 10.1. The molecule has 0 fully saturated rings. The first-order valence-electron chi connectivity index (χ1n) is 5.77. The average Bonchev–Trinajstić information content (AvgIpc) is 2.38. The van der Waals surface area contributed by atoms with Crippen molar-refractivity contribution in [3.8, 4) is 0 Å². The van der Waals surface area contributed by atoms with Crippen LogP contribution in [0.2, 0.25) is 0 Å². The number of hydrogen-bond acceptors (Lipinski definition) is 6. The van der Waals surface area contributed by atoms with Crippen LogP contribution in [0.4, 0.5) is 5.82 Å². The van der Waals surface area contributed by atoms with Gasteiger partial charge in [-0.15, -0.1) is 0 Å². The molecular weight excluding hydrogens is 220 g/mol. The zero-order chi connectivity index (χ0) is 12.1. The molecule has 0 aliphatic carbocycles. The van der Waals surface area contributed by atoms with Gasteiger partial charge in [-0.05, 0) is 6.42 Å². The molecule has 0 radical (unpaired) electrons. The summed E-state index contributed by atoms with van der Waals surface area (Å²) in [4.78, 5) is 8.95. The quantitative estimate of drug-likeness (QED) is 0.439. The molecule has 0 spiro atoms. The smallest absolute Gasteiger partial charge is 0.149 e. The summed E-state index contributed by atoms with van der Waals surface area (Å²) < 4.78 is 10.4. The normalized spacial score (nSPS) is 14.5. The molecule has 0 atom stereocenters. The third kappa shape index (κ3) is 2.91. The number of ether oxygens (including phenoxy) is 2. The number of rotatable bonds is 5. The number of methoxy groups -OCH3 is 1. The average molecular weight is 238 g/mol. The molecule has 6 nitrogen and oxygen atoms in total. The third-order valence-electron chi connectivity index (χ3n) is 2.75. The Hall–Kier alpha value is -1.24. The van der Waals surface area contributed by atoms with Crippen molar-refractivity contribution in [3.63, 3.8) is 0 Å². The van der Waals surface area contributed by atoms with E-state index in [1.54, 1.807) is 7.11 Å². The SMILES string of the molecule is COCCCc1nc2c(c(NN)n1)COCC2. The lowest BCUT2D eigenvalue weighted by Gasteiger charge is -2.19. The first-order valence-corrected chi connectivity index (χ1v) is 5.77. The zero-order valence-electron chi connectivity index (χ0n) is 10.0. The van der Waals surface area contributed by atoms with Crippen LogP contribution in [0.3, 0.4) is 0 Å². The maximum atomic E-state index is 5.48. The number of nitrogens with zero attached hydrogens (tertiary/aromatic N) is 2. The van der Waals surface area contributed by atoms with Crippen LogP contribution in [-0.4, -0.2) is 30.3 Å². The first kappa shape index (κ1) is 12.2. The highest BCUT2D eigenvalue weighted by atomic mass is 16.5. The van der Waals surface area contributed by atoms with Crippen molar-refractivity contribution in [1.29, 1.82) is 0 Å². The summed E-state index contributed by atoms with van der Waals surface area (Å²) in [5.74, 6) is 6.98. The highest BCUT2D eigenvalue weighted by Crippen LogP contribution is 2.21. The van der Waals surface area contributed by atoms with Gasteiger partial charge >= 0.3 is 0 Å². The molecule has 0 unspecified atom stereocenters. The zero-order valence-corrected chi connectivity index (χ0v) is 10.0. The minimum atomic E-state index is 0.535. The van der Waals surface area contributed by atoms with Crippen LogP contribution >= 0.6 is 0 Å². The number of aromatic nitrogens is 2. The first-order chi connectivity index (χ1) is 8.35. The van der Waals surface area contributed by atoms with E-state index in [1.165, 1.54) is 0 Å². The Morgan fingerprint density at radius 3 is 3.12 bits per heavy atom. The molecule has 2 rings (SSSR count). The largest absolute Gasteiger partial charge is 0.385 e. The third-order valence-corrected chi connectivity index (χ3v) is 2.75. The lowest BCUT2D eigenvalue weighted by molar-refractivity contribution is 0.109. The second-order valence-corrected chi connectivity index (χ2v) is 3.96. The molecule has 0 saturated heterocycles. The molecule has 94 valence electrons. The Morgan fingerprint density at radius 2 is 2.35 bits per heavy atom. The van der Waals surface area contributed by atoms with Gasteiger partial charge in [0.05, 0.1) is 18.9 Å². The fourth-order valence-corrected chi connectivity index (χ4v) is 1.89. The minimum Gasteiger partial charge on any atom is -0.385 e. The van der Waals surface area contributed by atoms with E-state index in [4.69, 9.17) is 15.3 Å².